The third-order valence-corrected chi connectivity index (χ3v) is 8.62. The number of nitrogens with zero attached hydrogens (tertiary/aromatic N) is 1. The van der Waals surface area contributed by atoms with Crippen molar-refractivity contribution >= 4 is 17.7 Å². The van der Waals surface area contributed by atoms with Crippen LogP contribution in [0.5, 0.6) is 5.75 Å². The quantitative estimate of drug-likeness (QED) is 0.123. The molecule has 2 amide bonds. The highest BCUT2D eigenvalue weighted by Gasteiger charge is 2.33. The molecular formula is C39H41N5O5. The predicted molar refractivity (Wildman–Crippen MR) is 188 cm³/mol. The lowest BCUT2D eigenvalue weighted by Gasteiger charge is -2.31. The first-order chi connectivity index (χ1) is 24.1. The summed E-state index contributed by atoms with van der Waals surface area (Å²) in [7, 11) is 1.29. The van der Waals surface area contributed by atoms with E-state index in [9.17, 15) is 9.59 Å². The van der Waals surface area contributed by atoms with E-state index in [1.54, 1.807) is 6.20 Å². The second kappa shape index (κ2) is 16.6. The monoisotopic (exact) mass is 659 g/mol. The molecule has 3 atom stereocenters. The number of anilines is 1. The molecule has 1 saturated heterocycles. The fourth-order valence-corrected chi connectivity index (χ4v) is 6.21. The number of carbonyl (C=O) groups is 2. The summed E-state index contributed by atoms with van der Waals surface area (Å²) in [5.74, 6) is -0.0500. The van der Waals surface area contributed by atoms with E-state index in [4.69, 9.17) is 14.2 Å². The molecule has 0 radical (unpaired) electrons. The summed E-state index contributed by atoms with van der Waals surface area (Å²) in [4.78, 5) is 26.7. The Bertz CT molecular complexity index is 1740. The van der Waals surface area contributed by atoms with Crippen molar-refractivity contribution in [3.05, 3.63) is 138 Å². The van der Waals surface area contributed by atoms with Gasteiger partial charge in [-0.15, -0.1) is 0 Å². The first kappa shape index (κ1) is 33.5. The van der Waals surface area contributed by atoms with Gasteiger partial charge in [-0.25, -0.2) is 4.79 Å². The minimum atomic E-state index is -0.949. The van der Waals surface area contributed by atoms with Gasteiger partial charge >= 0.3 is 6.09 Å². The molecule has 0 bridgehead atoms. The molecule has 0 aliphatic carbocycles. The first-order valence-corrected chi connectivity index (χ1v) is 16.5. The van der Waals surface area contributed by atoms with E-state index >= 15 is 0 Å². The Morgan fingerprint density at radius 1 is 0.857 bits per heavy atom. The van der Waals surface area contributed by atoms with E-state index < -0.39 is 18.1 Å². The number of H-pyrrole nitrogens is 1. The summed E-state index contributed by atoms with van der Waals surface area (Å²) in [6, 6.07) is 35.9. The molecule has 2 heterocycles. The van der Waals surface area contributed by atoms with E-state index in [2.05, 4.69) is 26.1 Å². The topological polar surface area (TPSA) is 127 Å². The number of aryl methyl sites for hydroxylation is 1. The summed E-state index contributed by atoms with van der Waals surface area (Å²) in [6.45, 7) is 1.80. The molecule has 252 valence electrons. The van der Waals surface area contributed by atoms with Crippen molar-refractivity contribution in [2.75, 3.05) is 32.1 Å². The summed E-state index contributed by atoms with van der Waals surface area (Å²) in [5.41, 5.74) is 5.18. The molecule has 4 aromatic carbocycles. The third kappa shape index (κ3) is 8.72. The van der Waals surface area contributed by atoms with Crippen molar-refractivity contribution in [1.29, 1.82) is 0 Å². The van der Waals surface area contributed by atoms with Crippen LogP contribution in [0.2, 0.25) is 0 Å². The Kier molecular flexibility index (Phi) is 11.3. The molecule has 6 rings (SSSR count). The molecule has 10 nitrogen and oxygen atoms in total. The van der Waals surface area contributed by atoms with Gasteiger partial charge in [0.1, 0.15) is 24.5 Å². The van der Waals surface area contributed by atoms with Crippen LogP contribution in [0, 0.1) is 0 Å². The largest absolute Gasteiger partial charge is 0.490 e. The lowest BCUT2D eigenvalue weighted by molar-refractivity contribution is -0.118. The highest BCUT2D eigenvalue weighted by atomic mass is 16.5. The zero-order chi connectivity index (χ0) is 33.8. The van der Waals surface area contributed by atoms with Crippen LogP contribution in [0.15, 0.2) is 121 Å². The number of ether oxygens (including phenoxy) is 3. The second-order valence-corrected chi connectivity index (χ2v) is 11.9. The number of hydrogen-bond donors (Lipinski definition) is 4. The van der Waals surface area contributed by atoms with Crippen molar-refractivity contribution in [2.24, 2.45) is 0 Å². The lowest BCUT2D eigenvalue weighted by Crippen LogP contribution is -2.48. The molecule has 0 saturated carbocycles. The van der Waals surface area contributed by atoms with Crippen LogP contribution in [-0.4, -0.2) is 67.3 Å². The van der Waals surface area contributed by atoms with Crippen LogP contribution in [0.1, 0.15) is 29.0 Å². The van der Waals surface area contributed by atoms with Gasteiger partial charge in [-0.05, 0) is 53.8 Å². The van der Waals surface area contributed by atoms with E-state index in [1.165, 1.54) is 7.11 Å². The Labute approximate surface area is 286 Å². The summed E-state index contributed by atoms with van der Waals surface area (Å²) >= 11 is 0. The number of nitrogens with one attached hydrogen (secondary N) is 4. The van der Waals surface area contributed by atoms with E-state index in [0.29, 0.717) is 25.3 Å². The third-order valence-electron chi connectivity index (χ3n) is 8.62. The van der Waals surface area contributed by atoms with Crippen molar-refractivity contribution in [2.45, 2.75) is 37.0 Å². The van der Waals surface area contributed by atoms with Gasteiger partial charge in [-0.2, -0.15) is 5.10 Å². The van der Waals surface area contributed by atoms with Gasteiger partial charge in [-0.1, -0.05) is 91.0 Å². The lowest BCUT2D eigenvalue weighted by atomic mass is 9.84. The Balaban J connectivity index is 1.12. The number of hydrogen-bond acceptors (Lipinski definition) is 7. The van der Waals surface area contributed by atoms with Gasteiger partial charge in [0.25, 0.3) is 0 Å². The summed E-state index contributed by atoms with van der Waals surface area (Å²) < 4.78 is 17.6. The predicted octanol–water partition coefficient (Wildman–Crippen LogP) is 5.94. The first-order valence-electron chi connectivity index (χ1n) is 16.5. The van der Waals surface area contributed by atoms with Crippen LogP contribution in [-0.2, 0) is 20.7 Å². The number of aromatic amines is 1. The maximum Gasteiger partial charge on any atom is 0.407 e. The van der Waals surface area contributed by atoms with Crippen LogP contribution in [0.3, 0.4) is 0 Å². The number of methoxy groups -OCH3 is 1. The molecular weight excluding hydrogens is 618 g/mol. The minimum absolute atomic E-state index is 0.0398. The van der Waals surface area contributed by atoms with E-state index in [1.807, 2.05) is 115 Å². The second-order valence-electron chi connectivity index (χ2n) is 11.9. The fraction of sp³-hybridized carbons (Fsp3) is 0.256. The molecule has 10 heteroatoms. The van der Waals surface area contributed by atoms with Gasteiger partial charge in [-0.3, -0.25) is 9.89 Å². The molecule has 1 unspecified atom stereocenters. The number of para-hydroxylation sites is 2. The number of aromatic nitrogens is 2. The minimum Gasteiger partial charge on any atom is -0.490 e. The molecule has 0 spiro atoms. The van der Waals surface area contributed by atoms with Crippen LogP contribution in [0.4, 0.5) is 10.5 Å². The SMILES string of the molecule is COC(=O)NC(C(=O)Nc1ccccc1CC[C@H]1CNC[C@@H](COc2ccccc2-c2cc[nH]n2)O1)C(c1ccccc1)c1ccccc1. The molecule has 1 aliphatic rings. The van der Waals surface area contributed by atoms with Crippen molar-refractivity contribution < 1.29 is 23.8 Å². The summed E-state index contributed by atoms with van der Waals surface area (Å²) in [6.07, 6.45) is 2.35. The zero-order valence-corrected chi connectivity index (χ0v) is 27.4. The van der Waals surface area contributed by atoms with Crippen molar-refractivity contribution in [1.82, 2.24) is 20.8 Å². The maximum atomic E-state index is 14.1. The van der Waals surface area contributed by atoms with Crippen molar-refractivity contribution in [3.63, 3.8) is 0 Å². The Hall–Kier alpha value is -5.45. The smallest absolute Gasteiger partial charge is 0.407 e. The molecule has 5 aromatic rings. The van der Waals surface area contributed by atoms with Crippen LogP contribution in [0.25, 0.3) is 11.3 Å². The van der Waals surface area contributed by atoms with E-state index in [-0.39, 0.29) is 18.1 Å². The van der Waals surface area contributed by atoms with Gasteiger partial charge in [0.15, 0.2) is 0 Å². The van der Waals surface area contributed by atoms with Crippen molar-refractivity contribution in [3.8, 4) is 17.0 Å². The summed E-state index contributed by atoms with van der Waals surface area (Å²) in [5, 5.41) is 16.6. The molecule has 1 aliphatic heterocycles. The highest BCUT2D eigenvalue weighted by molar-refractivity contribution is 5.98. The number of morpholine rings is 1. The van der Waals surface area contributed by atoms with Crippen LogP contribution >= 0.6 is 0 Å². The zero-order valence-electron chi connectivity index (χ0n) is 27.4. The number of benzene rings is 4. The molecule has 4 N–H and O–H groups in total. The number of carbonyl (C=O) groups excluding carboxylic acids is 2. The average Bonchev–Trinajstić information content (AvgIpc) is 3.70. The van der Waals surface area contributed by atoms with E-state index in [0.717, 1.165) is 46.7 Å². The van der Waals surface area contributed by atoms with Gasteiger partial charge in [0.2, 0.25) is 5.91 Å². The molecule has 1 fully saturated rings. The Morgan fingerprint density at radius 3 is 2.24 bits per heavy atom. The normalized spacial score (nSPS) is 16.4. The standard InChI is InChI=1S/C39H41N5O5/c1-47-39(46)43-37(36(28-13-4-2-5-14-28)29-15-6-3-7-16-29)38(45)42-33-18-10-8-12-27(33)20-21-30-24-40-25-31(49-30)26-48-35-19-11-9-17-32(35)34-22-23-41-44-34/h2-19,22-23,30-31,36-37,40H,20-21,24-26H2,1H3,(H,41,44)(H,42,45)(H,43,46)/t30-,31-,37?/m0/s1. The number of alkyl carbamates (subject to hydrolysis) is 1. The Morgan fingerprint density at radius 2 is 1.53 bits per heavy atom. The molecule has 49 heavy (non-hydrogen) atoms. The van der Waals surface area contributed by atoms with Gasteiger partial charge in [0, 0.05) is 36.5 Å². The number of rotatable bonds is 13. The fourth-order valence-electron chi connectivity index (χ4n) is 6.21. The number of amides is 2. The molecule has 1 aromatic heterocycles. The van der Waals surface area contributed by atoms with Gasteiger partial charge < -0.3 is 30.2 Å². The van der Waals surface area contributed by atoms with Gasteiger partial charge in [0.05, 0.1) is 18.9 Å². The maximum absolute atomic E-state index is 14.1. The van der Waals surface area contributed by atoms with Crippen LogP contribution < -0.4 is 20.7 Å². The highest BCUT2D eigenvalue weighted by Crippen LogP contribution is 2.31. The average molecular weight is 660 g/mol.